The molecule has 2 N–H and O–H groups in total. The average Bonchev–Trinajstić information content (AvgIpc) is 2.49. The van der Waals surface area contributed by atoms with Crippen LogP contribution in [0.25, 0.3) is 0 Å². The first-order valence-electron chi connectivity index (χ1n) is 7.72. The Morgan fingerprint density at radius 2 is 1.91 bits per heavy atom. The molecule has 1 heterocycles. The molecule has 0 bridgehead atoms. The van der Waals surface area contributed by atoms with E-state index in [2.05, 4.69) is 54.6 Å². The van der Waals surface area contributed by atoms with E-state index in [0.29, 0.717) is 12.5 Å². The molecule has 23 heavy (non-hydrogen) atoms. The van der Waals surface area contributed by atoms with E-state index in [4.69, 9.17) is 0 Å². The highest BCUT2D eigenvalue weighted by molar-refractivity contribution is 14.0. The average molecular weight is 430 g/mol. The Balaban J connectivity index is 0.00000264. The number of hydrogen-bond donors (Lipinski definition) is 2. The molecular weight excluding hydrogens is 403 g/mol. The van der Waals surface area contributed by atoms with E-state index < -0.39 is 0 Å². The SMILES string of the molecule is CN=C(NCC(=O)N1CCc2ccccc2C1)NC(C)(C)C.I. The second kappa shape index (κ2) is 8.52. The van der Waals surface area contributed by atoms with E-state index in [1.165, 1.54) is 11.1 Å². The zero-order chi connectivity index (χ0) is 16.2. The topological polar surface area (TPSA) is 56.7 Å². The standard InChI is InChI=1S/C17H26N4O.HI/c1-17(2,3)20-16(18-4)19-11-15(22)21-10-9-13-7-5-6-8-14(13)12-21;/h5-8H,9-12H2,1-4H3,(H2,18,19,20);1H. The summed E-state index contributed by atoms with van der Waals surface area (Å²) in [5, 5.41) is 6.34. The van der Waals surface area contributed by atoms with Gasteiger partial charge in [-0.15, -0.1) is 24.0 Å². The van der Waals surface area contributed by atoms with E-state index in [9.17, 15) is 4.79 Å². The number of nitrogens with one attached hydrogen (secondary N) is 2. The largest absolute Gasteiger partial charge is 0.352 e. The van der Waals surface area contributed by atoms with Crippen molar-refractivity contribution in [1.82, 2.24) is 15.5 Å². The quantitative estimate of drug-likeness (QED) is 0.430. The monoisotopic (exact) mass is 430 g/mol. The fourth-order valence-electron chi connectivity index (χ4n) is 2.51. The summed E-state index contributed by atoms with van der Waals surface area (Å²) in [5.41, 5.74) is 2.51. The Morgan fingerprint density at radius 1 is 1.26 bits per heavy atom. The lowest BCUT2D eigenvalue weighted by Crippen LogP contribution is -2.50. The molecule has 0 aromatic heterocycles. The third kappa shape index (κ3) is 6.01. The summed E-state index contributed by atoms with van der Waals surface area (Å²) < 4.78 is 0. The van der Waals surface area contributed by atoms with E-state index in [-0.39, 0.29) is 42.0 Å². The lowest BCUT2D eigenvalue weighted by molar-refractivity contribution is -0.130. The van der Waals surface area contributed by atoms with Crippen LogP contribution in [0.4, 0.5) is 0 Å². The molecule has 0 saturated carbocycles. The highest BCUT2D eigenvalue weighted by Gasteiger charge is 2.20. The highest BCUT2D eigenvalue weighted by atomic mass is 127. The van der Waals surface area contributed by atoms with Crippen LogP contribution < -0.4 is 10.6 Å². The van der Waals surface area contributed by atoms with Crippen molar-refractivity contribution in [1.29, 1.82) is 0 Å². The van der Waals surface area contributed by atoms with Gasteiger partial charge < -0.3 is 15.5 Å². The van der Waals surface area contributed by atoms with Crippen LogP contribution in [0.3, 0.4) is 0 Å². The van der Waals surface area contributed by atoms with Gasteiger partial charge >= 0.3 is 0 Å². The summed E-state index contributed by atoms with van der Waals surface area (Å²) in [4.78, 5) is 18.4. The van der Waals surface area contributed by atoms with Crippen molar-refractivity contribution in [2.24, 2.45) is 4.99 Å². The first-order chi connectivity index (χ1) is 10.4. The van der Waals surface area contributed by atoms with Crippen LogP contribution in [0.15, 0.2) is 29.3 Å². The van der Waals surface area contributed by atoms with Gasteiger partial charge in [0.2, 0.25) is 5.91 Å². The highest BCUT2D eigenvalue weighted by Crippen LogP contribution is 2.18. The van der Waals surface area contributed by atoms with E-state index >= 15 is 0 Å². The smallest absolute Gasteiger partial charge is 0.242 e. The molecule has 0 spiro atoms. The molecule has 5 nitrogen and oxygen atoms in total. The summed E-state index contributed by atoms with van der Waals surface area (Å²) in [6.07, 6.45) is 0.927. The van der Waals surface area contributed by atoms with Gasteiger partial charge in [0.1, 0.15) is 0 Å². The number of halogens is 1. The third-order valence-electron chi connectivity index (χ3n) is 3.61. The minimum absolute atomic E-state index is 0. The number of guanidine groups is 1. The van der Waals surface area contributed by atoms with Crippen molar-refractivity contribution >= 4 is 35.8 Å². The minimum Gasteiger partial charge on any atom is -0.352 e. The lowest BCUT2D eigenvalue weighted by atomic mass is 10.00. The molecule has 0 unspecified atom stereocenters. The van der Waals surface area contributed by atoms with Crippen molar-refractivity contribution < 1.29 is 4.79 Å². The summed E-state index contributed by atoms with van der Waals surface area (Å²) in [6.45, 7) is 7.92. The van der Waals surface area contributed by atoms with Gasteiger partial charge in [-0.05, 0) is 38.3 Å². The number of carbonyl (C=O) groups is 1. The first-order valence-corrected chi connectivity index (χ1v) is 7.72. The number of fused-ring (bicyclic) bond motifs is 1. The van der Waals surface area contributed by atoms with Crippen molar-refractivity contribution in [3.63, 3.8) is 0 Å². The molecule has 6 heteroatoms. The Hall–Kier alpha value is -1.31. The van der Waals surface area contributed by atoms with Gasteiger partial charge in [0.15, 0.2) is 5.96 Å². The Kier molecular flexibility index (Phi) is 7.31. The maximum absolute atomic E-state index is 12.4. The van der Waals surface area contributed by atoms with E-state index in [1.807, 2.05) is 11.0 Å². The molecule has 1 aliphatic rings. The summed E-state index contributed by atoms with van der Waals surface area (Å²) in [7, 11) is 1.71. The molecule has 0 saturated heterocycles. The van der Waals surface area contributed by atoms with Crippen LogP contribution in [-0.4, -0.2) is 42.4 Å². The van der Waals surface area contributed by atoms with Gasteiger partial charge in [-0.1, -0.05) is 24.3 Å². The third-order valence-corrected chi connectivity index (χ3v) is 3.61. The summed E-state index contributed by atoms with van der Waals surface area (Å²) in [5.74, 6) is 0.754. The molecule has 128 valence electrons. The normalized spacial score (nSPS) is 14.6. The lowest BCUT2D eigenvalue weighted by Gasteiger charge is -2.29. The molecule has 1 aromatic rings. The van der Waals surface area contributed by atoms with Gasteiger partial charge in [0.25, 0.3) is 0 Å². The van der Waals surface area contributed by atoms with Crippen molar-refractivity contribution in [3.05, 3.63) is 35.4 Å². The number of carbonyl (C=O) groups excluding carboxylic acids is 1. The number of rotatable bonds is 2. The van der Waals surface area contributed by atoms with Crippen LogP contribution >= 0.6 is 24.0 Å². The van der Waals surface area contributed by atoms with Gasteiger partial charge in [-0.25, -0.2) is 0 Å². The first kappa shape index (κ1) is 19.7. The zero-order valence-electron chi connectivity index (χ0n) is 14.3. The number of hydrogen-bond acceptors (Lipinski definition) is 2. The van der Waals surface area contributed by atoms with Gasteiger partial charge in [-0.3, -0.25) is 9.79 Å². The van der Waals surface area contributed by atoms with E-state index in [0.717, 1.165) is 13.0 Å². The van der Waals surface area contributed by atoms with E-state index in [1.54, 1.807) is 7.05 Å². The predicted molar refractivity (Wildman–Crippen MR) is 105 cm³/mol. The maximum Gasteiger partial charge on any atom is 0.242 e. The van der Waals surface area contributed by atoms with Crippen LogP contribution in [0.2, 0.25) is 0 Å². The molecule has 0 fully saturated rings. The van der Waals surface area contributed by atoms with Crippen LogP contribution in [0.1, 0.15) is 31.9 Å². The fraction of sp³-hybridized carbons (Fsp3) is 0.529. The molecule has 1 amide bonds. The fourth-order valence-corrected chi connectivity index (χ4v) is 2.51. The molecule has 0 atom stereocenters. The molecular formula is C17H27IN4O. The predicted octanol–water partition coefficient (Wildman–Crippen LogP) is 2.15. The molecule has 0 radical (unpaired) electrons. The Bertz CT molecular complexity index is 566. The van der Waals surface area contributed by atoms with Gasteiger partial charge in [0.05, 0.1) is 6.54 Å². The summed E-state index contributed by atoms with van der Waals surface area (Å²) in [6, 6.07) is 8.33. The van der Waals surface area contributed by atoms with Crippen molar-refractivity contribution in [2.45, 2.75) is 39.3 Å². The van der Waals surface area contributed by atoms with Gasteiger partial charge in [-0.2, -0.15) is 0 Å². The zero-order valence-corrected chi connectivity index (χ0v) is 16.7. The molecule has 2 rings (SSSR count). The number of amides is 1. The summed E-state index contributed by atoms with van der Waals surface area (Å²) >= 11 is 0. The van der Waals surface area contributed by atoms with Crippen molar-refractivity contribution in [3.8, 4) is 0 Å². The number of aliphatic imine (C=N–C) groups is 1. The van der Waals surface area contributed by atoms with Crippen LogP contribution in [-0.2, 0) is 17.8 Å². The molecule has 1 aliphatic heterocycles. The van der Waals surface area contributed by atoms with Crippen molar-refractivity contribution in [2.75, 3.05) is 20.1 Å². The second-order valence-electron chi connectivity index (χ2n) is 6.63. The Labute approximate surface area is 156 Å². The van der Waals surface area contributed by atoms with Crippen LogP contribution in [0.5, 0.6) is 0 Å². The van der Waals surface area contributed by atoms with Crippen LogP contribution in [0, 0.1) is 0 Å². The minimum atomic E-state index is -0.0883. The number of benzene rings is 1. The number of nitrogens with zero attached hydrogens (tertiary/aromatic N) is 2. The Morgan fingerprint density at radius 3 is 2.52 bits per heavy atom. The second-order valence-corrected chi connectivity index (χ2v) is 6.63. The van der Waals surface area contributed by atoms with Gasteiger partial charge in [0, 0.05) is 25.7 Å². The molecule has 0 aliphatic carbocycles. The molecule has 1 aromatic carbocycles. The maximum atomic E-state index is 12.4.